The third kappa shape index (κ3) is 5.09. The lowest BCUT2D eigenvalue weighted by molar-refractivity contribution is -0.131. The van der Waals surface area contributed by atoms with E-state index in [1.165, 1.54) is 16.8 Å². The third-order valence-corrected chi connectivity index (χ3v) is 4.25. The first-order chi connectivity index (χ1) is 11.8. The summed E-state index contributed by atoms with van der Waals surface area (Å²) >= 11 is 0. The molecule has 0 spiro atoms. The standard InChI is InChI=1S/C17H30N4O5/c1-16(2,3)26-14(24)19-11(12(22)18-6)9-8-10-21-13(23)17(4,5)20(7)15(21)25/h11H,8-10H2,1-7H3,(H,18,22)(H,19,24). The van der Waals surface area contributed by atoms with Gasteiger partial charge in [-0.15, -0.1) is 0 Å². The number of ether oxygens (including phenoxy) is 1. The van der Waals surface area contributed by atoms with Crippen molar-refractivity contribution in [3.8, 4) is 0 Å². The first kappa shape index (κ1) is 21.7. The number of hydrogen-bond acceptors (Lipinski definition) is 5. The van der Waals surface area contributed by atoms with Crippen LogP contribution in [0.25, 0.3) is 0 Å². The van der Waals surface area contributed by atoms with Crippen LogP contribution < -0.4 is 10.6 Å². The molecule has 9 heteroatoms. The van der Waals surface area contributed by atoms with Gasteiger partial charge >= 0.3 is 12.1 Å². The van der Waals surface area contributed by atoms with E-state index in [9.17, 15) is 19.2 Å². The summed E-state index contributed by atoms with van der Waals surface area (Å²) in [6, 6.07) is -1.18. The molecule has 9 nitrogen and oxygen atoms in total. The summed E-state index contributed by atoms with van der Waals surface area (Å²) in [5.74, 6) is -0.644. The Kier molecular flexibility index (Phi) is 6.62. The summed E-state index contributed by atoms with van der Waals surface area (Å²) in [5.41, 5.74) is -1.56. The van der Waals surface area contributed by atoms with Gasteiger partial charge in [0.2, 0.25) is 5.91 Å². The zero-order chi connectivity index (χ0) is 20.3. The number of carbonyl (C=O) groups is 4. The van der Waals surface area contributed by atoms with Crippen LogP contribution in [0.1, 0.15) is 47.5 Å². The zero-order valence-corrected chi connectivity index (χ0v) is 16.6. The Morgan fingerprint density at radius 2 is 1.81 bits per heavy atom. The predicted molar refractivity (Wildman–Crippen MR) is 95.4 cm³/mol. The fraction of sp³-hybridized carbons (Fsp3) is 0.765. The van der Waals surface area contributed by atoms with Crippen molar-refractivity contribution in [2.24, 2.45) is 0 Å². The molecule has 0 aromatic heterocycles. The van der Waals surface area contributed by atoms with Crippen LogP contribution in [0.3, 0.4) is 0 Å². The quantitative estimate of drug-likeness (QED) is 0.680. The first-order valence-corrected chi connectivity index (χ1v) is 8.62. The van der Waals surface area contributed by atoms with Crippen LogP contribution in [0.5, 0.6) is 0 Å². The molecule has 2 N–H and O–H groups in total. The van der Waals surface area contributed by atoms with E-state index in [2.05, 4.69) is 10.6 Å². The molecule has 1 atom stereocenters. The fourth-order valence-electron chi connectivity index (χ4n) is 2.52. The molecule has 5 amide bonds. The van der Waals surface area contributed by atoms with Gasteiger partial charge < -0.3 is 20.3 Å². The molecular formula is C17H30N4O5. The maximum Gasteiger partial charge on any atom is 0.408 e. The van der Waals surface area contributed by atoms with Crippen LogP contribution >= 0.6 is 0 Å². The predicted octanol–water partition coefficient (Wildman–Crippen LogP) is 1.08. The molecule has 1 unspecified atom stereocenters. The highest BCUT2D eigenvalue weighted by molar-refractivity contribution is 6.06. The average Bonchev–Trinajstić information content (AvgIpc) is 2.65. The van der Waals surface area contributed by atoms with Gasteiger partial charge in [0.25, 0.3) is 5.91 Å². The van der Waals surface area contributed by atoms with Crippen LogP contribution in [-0.4, -0.2) is 71.6 Å². The second kappa shape index (κ2) is 7.92. The Labute approximate surface area is 154 Å². The minimum absolute atomic E-state index is 0.176. The molecule has 1 saturated heterocycles. The lowest BCUT2D eigenvalue weighted by Crippen LogP contribution is -2.47. The fourth-order valence-corrected chi connectivity index (χ4v) is 2.52. The van der Waals surface area contributed by atoms with E-state index in [1.54, 1.807) is 41.7 Å². The number of hydrogen-bond donors (Lipinski definition) is 2. The summed E-state index contributed by atoms with van der Waals surface area (Å²) in [6.07, 6.45) is -0.0598. The second-order valence-corrected chi connectivity index (χ2v) is 7.81. The molecular weight excluding hydrogens is 340 g/mol. The second-order valence-electron chi connectivity index (χ2n) is 7.81. The van der Waals surface area contributed by atoms with Gasteiger partial charge in [0, 0.05) is 20.6 Å². The van der Waals surface area contributed by atoms with E-state index in [0.717, 1.165) is 0 Å². The first-order valence-electron chi connectivity index (χ1n) is 8.62. The number of urea groups is 1. The summed E-state index contributed by atoms with van der Waals surface area (Å²) in [5, 5.41) is 5.01. The molecule has 148 valence electrons. The number of amides is 5. The molecule has 0 radical (unpaired) electrons. The van der Waals surface area contributed by atoms with E-state index in [-0.39, 0.29) is 30.8 Å². The van der Waals surface area contributed by atoms with Crippen molar-refractivity contribution in [1.82, 2.24) is 20.4 Å². The molecule has 1 fully saturated rings. The molecule has 0 aromatic rings. The molecule has 0 bridgehead atoms. The Balaban J connectivity index is 2.65. The molecule has 1 rings (SSSR count). The lowest BCUT2D eigenvalue weighted by atomic mass is 10.0. The topological polar surface area (TPSA) is 108 Å². The van der Waals surface area contributed by atoms with Gasteiger partial charge in [-0.05, 0) is 47.5 Å². The molecule has 0 aromatic carbocycles. The normalized spacial score (nSPS) is 18.0. The number of imide groups is 1. The largest absolute Gasteiger partial charge is 0.444 e. The number of carbonyl (C=O) groups excluding carboxylic acids is 4. The van der Waals surface area contributed by atoms with Crippen molar-refractivity contribution in [3.05, 3.63) is 0 Å². The summed E-state index contributed by atoms with van der Waals surface area (Å²) in [7, 11) is 3.05. The van der Waals surface area contributed by atoms with Gasteiger partial charge in [-0.2, -0.15) is 0 Å². The monoisotopic (exact) mass is 370 g/mol. The van der Waals surface area contributed by atoms with Gasteiger partial charge in [0.05, 0.1) is 0 Å². The van der Waals surface area contributed by atoms with Crippen molar-refractivity contribution >= 4 is 23.9 Å². The Hall–Kier alpha value is -2.32. The molecule has 0 aliphatic carbocycles. The van der Waals surface area contributed by atoms with Gasteiger partial charge in [-0.3, -0.25) is 14.5 Å². The summed E-state index contributed by atoms with van der Waals surface area (Å²) in [6.45, 7) is 8.73. The number of likely N-dealkylation sites (N-methyl/N-ethyl adjacent to an activating group) is 2. The maximum absolute atomic E-state index is 12.3. The molecule has 1 heterocycles. The third-order valence-electron chi connectivity index (χ3n) is 4.25. The molecule has 26 heavy (non-hydrogen) atoms. The van der Waals surface area contributed by atoms with Crippen molar-refractivity contribution in [1.29, 1.82) is 0 Å². The smallest absolute Gasteiger partial charge is 0.408 e. The van der Waals surface area contributed by atoms with E-state index in [4.69, 9.17) is 4.74 Å². The Morgan fingerprint density at radius 1 is 1.23 bits per heavy atom. The van der Waals surface area contributed by atoms with Crippen LogP contribution in [0.2, 0.25) is 0 Å². The number of nitrogens with zero attached hydrogens (tertiary/aromatic N) is 2. The minimum atomic E-state index is -0.883. The average molecular weight is 370 g/mol. The minimum Gasteiger partial charge on any atom is -0.444 e. The van der Waals surface area contributed by atoms with Gasteiger partial charge in [-0.1, -0.05) is 0 Å². The summed E-state index contributed by atoms with van der Waals surface area (Å²) < 4.78 is 5.16. The lowest BCUT2D eigenvalue weighted by Gasteiger charge is -2.23. The maximum atomic E-state index is 12.3. The van der Waals surface area contributed by atoms with Crippen LogP contribution in [0, 0.1) is 0 Å². The number of nitrogens with one attached hydrogen (secondary N) is 2. The molecule has 1 aliphatic heterocycles. The highest BCUT2D eigenvalue weighted by Gasteiger charge is 2.48. The number of rotatable bonds is 6. The van der Waals surface area contributed by atoms with Gasteiger partial charge in [-0.25, -0.2) is 9.59 Å². The zero-order valence-electron chi connectivity index (χ0n) is 16.6. The van der Waals surface area contributed by atoms with Crippen molar-refractivity contribution < 1.29 is 23.9 Å². The van der Waals surface area contributed by atoms with E-state index in [0.29, 0.717) is 6.42 Å². The summed E-state index contributed by atoms with van der Waals surface area (Å²) in [4.78, 5) is 51.0. The Bertz CT molecular complexity index is 582. The highest BCUT2D eigenvalue weighted by Crippen LogP contribution is 2.26. The Morgan fingerprint density at radius 3 is 2.23 bits per heavy atom. The van der Waals surface area contributed by atoms with Crippen molar-refractivity contribution in [2.45, 2.75) is 64.6 Å². The highest BCUT2D eigenvalue weighted by atomic mass is 16.6. The van der Waals surface area contributed by atoms with Gasteiger partial charge in [0.1, 0.15) is 17.2 Å². The SMILES string of the molecule is CNC(=O)C(CCCN1C(=O)N(C)C(C)(C)C1=O)NC(=O)OC(C)(C)C. The van der Waals surface area contributed by atoms with E-state index in [1.807, 2.05) is 0 Å². The van der Waals surface area contributed by atoms with Crippen molar-refractivity contribution in [3.63, 3.8) is 0 Å². The van der Waals surface area contributed by atoms with E-state index < -0.39 is 23.3 Å². The van der Waals surface area contributed by atoms with Crippen molar-refractivity contribution in [2.75, 3.05) is 20.6 Å². The van der Waals surface area contributed by atoms with Gasteiger partial charge in [0.15, 0.2) is 0 Å². The van der Waals surface area contributed by atoms with Crippen LogP contribution in [-0.2, 0) is 14.3 Å². The molecule has 1 aliphatic rings. The van der Waals surface area contributed by atoms with Crippen LogP contribution in [0.4, 0.5) is 9.59 Å². The van der Waals surface area contributed by atoms with E-state index >= 15 is 0 Å². The van der Waals surface area contributed by atoms with Crippen LogP contribution in [0.15, 0.2) is 0 Å². The molecule has 0 saturated carbocycles. The number of alkyl carbamates (subject to hydrolysis) is 1.